The van der Waals surface area contributed by atoms with E-state index in [0.717, 1.165) is 36.1 Å². The van der Waals surface area contributed by atoms with Gasteiger partial charge in [0.1, 0.15) is 5.75 Å². The van der Waals surface area contributed by atoms with E-state index in [-0.39, 0.29) is 17.9 Å². The van der Waals surface area contributed by atoms with Crippen LogP contribution in [-0.4, -0.2) is 42.7 Å². The SMILES string of the molecule is COc1ccc(C)cc1/C=C/C(=O)N(C)CC1CCCC1O. The third-order valence-corrected chi connectivity index (χ3v) is 4.29. The van der Waals surface area contributed by atoms with Crippen molar-refractivity contribution in [1.82, 2.24) is 4.90 Å². The van der Waals surface area contributed by atoms with Gasteiger partial charge in [-0.25, -0.2) is 0 Å². The summed E-state index contributed by atoms with van der Waals surface area (Å²) in [5.74, 6) is 0.905. The van der Waals surface area contributed by atoms with E-state index in [0.29, 0.717) is 6.54 Å². The number of carbonyl (C=O) groups excluding carboxylic acids is 1. The number of amides is 1. The third kappa shape index (κ3) is 4.10. The molecule has 4 heteroatoms. The molecule has 2 rings (SSSR count). The van der Waals surface area contributed by atoms with Gasteiger partial charge in [0.2, 0.25) is 5.91 Å². The summed E-state index contributed by atoms with van der Waals surface area (Å²) in [6, 6.07) is 5.87. The van der Waals surface area contributed by atoms with Gasteiger partial charge in [-0.15, -0.1) is 0 Å². The molecule has 0 radical (unpaired) electrons. The van der Waals surface area contributed by atoms with Crippen molar-refractivity contribution in [3.05, 3.63) is 35.4 Å². The molecule has 2 unspecified atom stereocenters. The fourth-order valence-electron chi connectivity index (χ4n) is 2.94. The highest BCUT2D eigenvalue weighted by molar-refractivity contribution is 5.92. The maximum atomic E-state index is 12.2. The second kappa shape index (κ2) is 7.45. The minimum atomic E-state index is -0.268. The molecule has 1 saturated carbocycles. The van der Waals surface area contributed by atoms with E-state index >= 15 is 0 Å². The van der Waals surface area contributed by atoms with Crippen LogP contribution in [0.3, 0.4) is 0 Å². The second-order valence-corrected chi connectivity index (χ2v) is 6.06. The number of nitrogens with zero attached hydrogens (tertiary/aromatic N) is 1. The molecule has 0 bridgehead atoms. The number of rotatable bonds is 5. The molecule has 2 atom stereocenters. The van der Waals surface area contributed by atoms with E-state index in [1.165, 1.54) is 0 Å². The number of aryl methyl sites for hydroxylation is 1. The molecule has 1 N–H and O–H groups in total. The van der Waals surface area contributed by atoms with Gasteiger partial charge < -0.3 is 14.7 Å². The lowest BCUT2D eigenvalue weighted by molar-refractivity contribution is -0.125. The Labute approximate surface area is 132 Å². The van der Waals surface area contributed by atoms with Gasteiger partial charge in [0, 0.05) is 31.1 Å². The van der Waals surface area contributed by atoms with Crippen LogP contribution < -0.4 is 4.74 Å². The van der Waals surface area contributed by atoms with Crippen LogP contribution in [0.1, 0.15) is 30.4 Å². The van der Waals surface area contributed by atoms with Crippen LogP contribution in [0, 0.1) is 12.8 Å². The Morgan fingerprint density at radius 2 is 2.23 bits per heavy atom. The molecular formula is C18H25NO3. The van der Waals surface area contributed by atoms with Crippen LogP contribution >= 0.6 is 0 Å². The highest BCUT2D eigenvalue weighted by Crippen LogP contribution is 2.26. The molecule has 1 aromatic rings. The molecule has 0 aromatic heterocycles. The Hall–Kier alpha value is -1.81. The molecule has 0 aliphatic heterocycles. The van der Waals surface area contributed by atoms with E-state index in [4.69, 9.17) is 4.74 Å². The summed E-state index contributed by atoms with van der Waals surface area (Å²) in [6.45, 7) is 2.61. The van der Waals surface area contributed by atoms with Gasteiger partial charge in [-0.05, 0) is 38.0 Å². The van der Waals surface area contributed by atoms with Gasteiger partial charge in [-0.3, -0.25) is 4.79 Å². The van der Waals surface area contributed by atoms with Crippen LogP contribution in [-0.2, 0) is 4.79 Å². The lowest BCUT2D eigenvalue weighted by Crippen LogP contribution is -2.33. The van der Waals surface area contributed by atoms with Gasteiger partial charge in [-0.1, -0.05) is 18.1 Å². The fraction of sp³-hybridized carbons (Fsp3) is 0.500. The monoisotopic (exact) mass is 303 g/mol. The Bertz CT molecular complexity index is 553. The molecule has 1 aliphatic carbocycles. The molecule has 22 heavy (non-hydrogen) atoms. The Balaban J connectivity index is 2.00. The summed E-state index contributed by atoms with van der Waals surface area (Å²) >= 11 is 0. The summed E-state index contributed by atoms with van der Waals surface area (Å²) in [5.41, 5.74) is 2.01. The van der Waals surface area contributed by atoms with Crippen LogP contribution in [0.15, 0.2) is 24.3 Å². The predicted octanol–water partition coefficient (Wildman–Crippen LogP) is 2.64. The molecular weight excluding hydrogens is 278 g/mol. The summed E-state index contributed by atoms with van der Waals surface area (Å²) < 4.78 is 5.31. The molecule has 1 amide bonds. The van der Waals surface area contributed by atoms with Crippen LogP contribution in [0.5, 0.6) is 5.75 Å². The van der Waals surface area contributed by atoms with Crippen LogP contribution in [0.2, 0.25) is 0 Å². The maximum absolute atomic E-state index is 12.2. The first kappa shape index (κ1) is 16.6. The average Bonchev–Trinajstić information content (AvgIpc) is 2.90. The number of hydrogen-bond donors (Lipinski definition) is 1. The van der Waals surface area contributed by atoms with Crippen LogP contribution in [0.25, 0.3) is 6.08 Å². The van der Waals surface area contributed by atoms with Gasteiger partial charge in [0.05, 0.1) is 13.2 Å². The first-order valence-corrected chi connectivity index (χ1v) is 7.77. The van der Waals surface area contributed by atoms with Gasteiger partial charge in [0.25, 0.3) is 0 Å². The van der Waals surface area contributed by atoms with Crippen molar-refractivity contribution < 1.29 is 14.6 Å². The Kier molecular flexibility index (Phi) is 5.61. The topological polar surface area (TPSA) is 49.8 Å². The molecule has 0 spiro atoms. The maximum Gasteiger partial charge on any atom is 0.246 e. The second-order valence-electron chi connectivity index (χ2n) is 6.06. The molecule has 0 heterocycles. The summed E-state index contributed by atoms with van der Waals surface area (Å²) in [7, 11) is 3.41. The van der Waals surface area contributed by atoms with E-state index < -0.39 is 0 Å². The normalized spacial score (nSPS) is 21.3. The number of hydrogen-bond acceptors (Lipinski definition) is 3. The largest absolute Gasteiger partial charge is 0.496 e. The highest BCUT2D eigenvalue weighted by atomic mass is 16.5. The van der Waals surface area contributed by atoms with Crippen molar-refractivity contribution in [3.63, 3.8) is 0 Å². The summed E-state index contributed by atoms with van der Waals surface area (Å²) in [4.78, 5) is 13.9. The Morgan fingerprint density at radius 1 is 1.45 bits per heavy atom. The lowest BCUT2D eigenvalue weighted by Gasteiger charge is -2.22. The minimum absolute atomic E-state index is 0.0531. The summed E-state index contributed by atoms with van der Waals surface area (Å²) in [5, 5.41) is 9.85. The van der Waals surface area contributed by atoms with Gasteiger partial charge in [-0.2, -0.15) is 0 Å². The van der Waals surface area contributed by atoms with E-state index in [1.54, 1.807) is 31.2 Å². The molecule has 1 aliphatic rings. The minimum Gasteiger partial charge on any atom is -0.496 e. The van der Waals surface area contributed by atoms with E-state index in [2.05, 4.69) is 0 Å². The first-order valence-electron chi connectivity index (χ1n) is 7.77. The predicted molar refractivity (Wildman–Crippen MR) is 87.7 cm³/mol. The summed E-state index contributed by atoms with van der Waals surface area (Å²) in [6.07, 6.45) is 5.98. The number of ether oxygens (including phenoxy) is 1. The standard InChI is InChI=1S/C18H25NO3/c1-13-7-9-17(22-3)14(11-13)8-10-18(21)19(2)12-15-5-4-6-16(15)20/h7-11,15-16,20H,4-6,12H2,1-3H3/b10-8+. The average molecular weight is 303 g/mol. The zero-order chi connectivity index (χ0) is 16.1. The number of aliphatic hydroxyl groups excluding tert-OH is 1. The zero-order valence-electron chi connectivity index (χ0n) is 13.6. The fourth-order valence-corrected chi connectivity index (χ4v) is 2.94. The van der Waals surface area contributed by atoms with E-state index in [1.807, 2.05) is 25.1 Å². The van der Waals surface area contributed by atoms with Crippen molar-refractivity contribution in [3.8, 4) is 5.75 Å². The molecule has 1 fully saturated rings. The van der Waals surface area contributed by atoms with Crippen molar-refractivity contribution in [2.75, 3.05) is 20.7 Å². The van der Waals surface area contributed by atoms with Crippen LogP contribution in [0.4, 0.5) is 0 Å². The molecule has 4 nitrogen and oxygen atoms in total. The molecule has 120 valence electrons. The van der Waals surface area contributed by atoms with Crippen molar-refractivity contribution in [2.24, 2.45) is 5.92 Å². The number of benzene rings is 1. The first-order chi connectivity index (χ1) is 10.5. The lowest BCUT2D eigenvalue weighted by atomic mass is 10.1. The third-order valence-electron chi connectivity index (χ3n) is 4.29. The number of aliphatic hydroxyl groups is 1. The number of carbonyl (C=O) groups is 1. The zero-order valence-corrected chi connectivity index (χ0v) is 13.6. The Morgan fingerprint density at radius 3 is 2.86 bits per heavy atom. The van der Waals surface area contributed by atoms with E-state index in [9.17, 15) is 9.90 Å². The molecule has 1 aromatic carbocycles. The quantitative estimate of drug-likeness (QED) is 0.851. The molecule has 0 saturated heterocycles. The van der Waals surface area contributed by atoms with Crippen molar-refractivity contribution >= 4 is 12.0 Å². The smallest absolute Gasteiger partial charge is 0.246 e. The number of methoxy groups -OCH3 is 1. The van der Waals surface area contributed by atoms with Gasteiger partial charge in [0.15, 0.2) is 0 Å². The van der Waals surface area contributed by atoms with Crippen molar-refractivity contribution in [1.29, 1.82) is 0 Å². The van der Waals surface area contributed by atoms with Crippen molar-refractivity contribution in [2.45, 2.75) is 32.3 Å². The van der Waals surface area contributed by atoms with Gasteiger partial charge >= 0.3 is 0 Å². The number of likely N-dealkylation sites (N-methyl/N-ethyl adjacent to an activating group) is 1. The highest BCUT2D eigenvalue weighted by Gasteiger charge is 2.26.